The molecule has 0 atom stereocenters. The molecule has 1 aromatic carbocycles. The van der Waals surface area contributed by atoms with Crippen LogP contribution in [-0.4, -0.2) is 38.9 Å². The highest BCUT2D eigenvalue weighted by Gasteiger charge is 2.22. The Labute approximate surface area is 127 Å². The highest BCUT2D eigenvalue weighted by atomic mass is 32.2. The van der Waals surface area contributed by atoms with Gasteiger partial charge in [-0.25, -0.2) is 13.1 Å². The normalized spacial score (nSPS) is 15.7. The van der Waals surface area contributed by atoms with Gasteiger partial charge < -0.3 is 4.90 Å². The van der Waals surface area contributed by atoms with E-state index >= 15 is 0 Å². The first-order valence-corrected chi connectivity index (χ1v) is 9.12. The number of benzene rings is 1. The number of amides is 1. The van der Waals surface area contributed by atoms with Gasteiger partial charge in [-0.3, -0.25) is 4.79 Å². The molecule has 1 N–H and O–H groups in total. The molecular weight excluding hydrogens is 308 g/mol. The van der Waals surface area contributed by atoms with Crippen LogP contribution in [0.5, 0.6) is 0 Å². The van der Waals surface area contributed by atoms with Gasteiger partial charge in [0, 0.05) is 17.8 Å². The zero-order chi connectivity index (χ0) is 14.9. The van der Waals surface area contributed by atoms with E-state index in [1.807, 2.05) is 24.3 Å². The van der Waals surface area contributed by atoms with Crippen molar-refractivity contribution in [2.75, 3.05) is 19.6 Å². The van der Waals surface area contributed by atoms with Gasteiger partial charge in [0.25, 0.3) is 10.0 Å². The fourth-order valence-corrected chi connectivity index (χ4v) is 4.81. The topological polar surface area (TPSA) is 66.5 Å². The van der Waals surface area contributed by atoms with Gasteiger partial charge in [0.2, 0.25) is 5.91 Å². The number of hydrogen-bond acceptors (Lipinski definition) is 4. The molecule has 21 heavy (non-hydrogen) atoms. The zero-order valence-electron chi connectivity index (χ0n) is 11.4. The maximum Gasteiger partial charge on any atom is 0.250 e. The fourth-order valence-electron chi connectivity index (χ4n) is 2.40. The standard InChI is InChI=1S/C14H16N2O3S2/c17-13(16-7-3-4-8-16)10-15-21(18,19)14-9-11-5-1-2-6-12(11)20-14/h1-2,5-6,9,15H,3-4,7-8,10H2. The predicted octanol–water partition coefficient (Wildman–Crippen LogP) is 1.80. The number of carbonyl (C=O) groups is 1. The molecule has 1 fully saturated rings. The molecule has 2 heterocycles. The van der Waals surface area contributed by atoms with Crippen LogP contribution in [0.1, 0.15) is 12.8 Å². The van der Waals surface area contributed by atoms with E-state index in [1.165, 1.54) is 11.3 Å². The Balaban J connectivity index is 1.72. The molecule has 0 unspecified atom stereocenters. The summed E-state index contributed by atoms with van der Waals surface area (Å²) in [6.45, 7) is 1.28. The Morgan fingerprint density at radius 1 is 1.24 bits per heavy atom. The highest BCUT2D eigenvalue weighted by Crippen LogP contribution is 2.28. The summed E-state index contributed by atoms with van der Waals surface area (Å²) in [5.74, 6) is -0.155. The molecular formula is C14H16N2O3S2. The van der Waals surface area contributed by atoms with Crippen LogP contribution in [-0.2, 0) is 14.8 Å². The molecule has 112 valence electrons. The monoisotopic (exact) mass is 324 g/mol. The molecule has 0 aliphatic carbocycles. The fraction of sp³-hybridized carbons (Fsp3) is 0.357. The summed E-state index contributed by atoms with van der Waals surface area (Å²) < 4.78 is 28.1. The van der Waals surface area contributed by atoms with Crippen LogP contribution < -0.4 is 4.72 Å². The van der Waals surface area contributed by atoms with Crippen LogP contribution in [0, 0.1) is 0 Å². The van der Waals surface area contributed by atoms with Crippen LogP contribution >= 0.6 is 11.3 Å². The molecule has 1 aliphatic heterocycles. The van der Waals surface area contributed by atoms with Gasteiger partial charge in [0.1, 0.15) is 4.21 Å². The molecule has 0 saturated carbocycles. The van der Waals surface area contributed by atoms with Crippen LogP contribution in [0.4, 0.5) is 0 Å². The maximum absolute atomic E-state index is 12.2. The van der Waals surface area contributed by atoms with Gasteiger partial charge in [-0.05, 0) is 30.4 Å². The average Bonchev–Trinajstić information content (AvgIpc) is 3.13. The lowest BCUT2D eigenvalue weighted by atomic mass is 10.3. The smallest absolute Gasteiger partial charge is 0.250 e. The minimum Gasteiger partial charge on any atom is -0.342 e. The number of fused-ring (bicyclic) bond motifs is 1. The largest absolute Gasteiger partial charge is 0.342 e. The van der Waals surface area contributed by atoms with Gasteiger partial charge in [-0.2, -0.15) is 0 Å². The molecule has 0 bridgehead atoms. The molecule has 1 aromatic heterocycles. The van der Waals surface area contributed by atoms with E-state index in [4.69, 9.17) is 0 Å². The number of likely N-dealkylation sites (tertiary alicyclic amines) is 1. The van der Waals surface area contributed by atoms with Crippen LogP contribution in [0.25, 0.3) is 10.1 Å². The Bertz CT molecular complexity index is 728. The second-order valence-electron chi connectivity index (χ2n) is 5.02. The van der Waals surface area contributed by atoms with Crippen molar-refractivity contribution in [3.63, 3.8) is 0 Å². The Morgan fingerprint density at radius 2 is 1.95 bits per heavy atom. The minimum absolute atomic E-state index is 0.155. The highest BCUT2D eigenvalue weighted by molar-refractivity contribution is 7.91. The number of carbonyl (C=O) groups excluding carboxylic acids is 1. The van der Waals surface area contributed by atoms with Crippen molar-refractivity contribution < 1.29 is 13.2 Å². The van der Waals surface area contributed by atoms with E-state index in [9.17, 15) is 13.2 Å². The maximum atomic E-state index is 12.2. The van der Waals surface area contributed by atoms with Crippen molar-refractivity contribution in [3.8, 4) is 0 Å². The lowest BCUT2D eigenvalue weighted by Crippen LogP contribution is -2.38. The van der Waals surface area contributed by atoms with Gasteiger partial charge in [0.15, 0.2) is 0 Å². The number of rotatable bonds is 4. The summed E-state index contributed by atoms with van der Waals surface area (Å²) in [5, 5.41) is 0.897. The summed E-state index contributed by atoms with van der Waals surface area (Å²) in [4.78, 5) is 13.6. The van der Waals surface area contributed by atoms with Gasteiger partial charge >= 0.3 is 0 Å². The molecule has 1 aliphatic rings. The second-order valence-corrected chi connectivity index (χ2v) is 8.09. The number of nitrogens with zero attached hydrogens (tertiary/aromatic N) is 1. The summed E-state index contributed by atoms with van der Waals surface area (Å²) >= 11 is 1.21. The van der Waals surface area contributed by atoms with Crippen molar-refractivity contribution in [2.45, 2.75) is 17.1 Å². The van der Waals surface area contributed by atoms with E-state index in [-0.39, 0.29) is 16.7 Å². The van der Waals surface area contributed by atoms with Crippen LogP contribution in [0.2, 0.25) is 0 Å². The number of sulfonamides is 1. The average molecular weight is 324 g/mol. The first-order valence-electron chi connectivity index (χ1n) is 6.82. The zero-order valence-corrected chi connectivity index (χ0v) is 13.0. The van der Waals surface area contributed by atoms with Gasteiger partial charge in [-0.15, -0.1) is 11.3 Å². The summed E-state index contributed by atoms with van der Waals surface area (Å²) in [6.07, 6.45) is 1.99. The number of nitrogens with one attached hydrogen (secondary N) is 1. The number of thiophene rings is 1. The van der Waals surface area contributed by atoms with E-state index in [2.05, 4.69) is 4.72 Å². The van der Waals surface area contributed by atoms with Gasteiger partial charge in [0.05, 0.1) is 6.54 Å². The van der Waals surface area contributed by atoms with Crippen molar-refractivity contribution in [2.24, 2.45) is 0 Å². The minimum atomic E-state index is -3.63. The SMILES string of the molecule is O=C(CNS(=O)(=O)c1cc2ccccc2s1)N1CCCC1. The number of hydrogen-bond donors (Lipinski definition) is 1. The Kier molecular flexibility index (Phi) is 3.97. The Morgan fingerprint density at radius 3 is 2.67 bits per heavy atom. The summed E-state index contributed by atoms with van der Waals surface area (Å²) in [7, 11) is -3.63. The molecule has 1 saturated heterocycles. The molecule has 5 nitrogen and oxygen atoms in total. The third-order valence-corrected chi connectivity index (χ3v) is 6.53. The lowest BCUT2D eigenvalue weighted by molar-refractivity contribution is -0.128. The third kappa shape index (κ3) is 3.09. The molecule has 7 heteroatoms. The van der Waals surface area contributed by atoms with Crippen molar-refractivity contribution >= 4 is 37.4 Å². The third-order valence-electron chi connectivity index (χ3n) is 3.54. The summed E-state index contributed by atoms with van der Waals surface area (Å²) in [6, 6.07) is 9.15. The first kappa shape index (κ1) is 14.5. The van der Waals surface area contributed by atoms with E-state index in [0.29, 0.717) is 0 Å². The Hall–Kier alpha value is -1.44. The molecule has 0 spiro atoms. The second kappa shape index (κ2) is 5.75. The molecule has 0 radical (unpaired) electrons. The van der Waals surface area contributed by atoms with E-state index < -0.39 is 10.0 Å². The van der Waals surface area contributed by atoms with Crippen LogP contribution in [0.15, 0.2) is 34.5 Å². The summed E-state index contributed by atoms with van der Waals surface area (Å²) in [5.41, 5.74) is 0. The van der Waals surface area contributed by atoms with Crippen molar-refractivity contribution in [1.82, 2.24) is 9.62 Å². The lowest BCUT2D eigenvalue weighted by Gasteiger charge is -2.15. The van der Waals surface area contributed by atoms with Crippen molar-refractivity contribution in [3.05, 3.63) is 30.3 Å². The van der Waals surface area contributed by atoms with Gasteiger partial charge in [-0.1, -0.05) is 18.2 Å². The molecule has 3 rings (SSSR count). The quantitative estimate of drug-likeness (QED) is 0.932. The molecule has 2 aromatic rings. The van der Waals surface area contributed by atoms with E-state index in [1.54, 1.807) is 11.0 Å². The van der Waals surface area contributed by atoms with E-state index in [0.717, 1.165) is 36.0 Å². The molecule has 1 amide bonds. The predicted molar refractivity (Wildman–Crippen MR) is 82.8 cm³/mol. The van der Waals surface area contributed by atoms with Crippen LogP contribution in [0.3, 0.4) is 0 Å². The first-order chi connectivity index (χ1) is 10.1. The van der Waals surface area contributed by atoms with Crippen molar-refractivity contribution in [1.29, 1.82) is 0 Å².